The smallest absolute Gasteiger partial charge is 0.122 e. The van der Waals surface area contributed by atoms with Gasteiger partial charge in [0.2, 0.25) is 0 Å². The zero-order chi connectivity index (χ0) is 9.30. The van der Waals surface area contributed by atoms with E-state index in [1.165, 1.54) is 5.56 Å². The quantitative estimate of drug-likeness (QED) is 0.706. The van der Waals surface area contributed by atoms with Crippen LogP contribution >= 0.6 is 0 Å². The van der Waals surface area contributed by atoms with E-state index in [4.69, 9.17) is 5.14 Å². The molecule has 0 bridgehead atoms. The molecule has 0 saturated carbocycles. The summed E-state index contributed by atoms with van der Waals surface area (Å²) >= 11 is 0. The van der Waals surface area contributed by atoms with Crippen molar-refractivity contribution in [1.82, 2.24) is 0 Å². The second-order valence-electron chi connectivity index (χ2n) is 3.03. The molecule has 0 spiro atoms. The van der Waals surface area contributed by atoms with Gasteiger partial charge in [-0.2, -0.15) is 0 Å². The fourth-order valence-electron chi connectivity index (χ4n) is 1.48. The molecule has 0 aromatic heterocycles. The molecule has 0 aliphatic heterocycles. The minimum atomic E-state index is -1.36. The number of aryl methyl sites for hydroxylation is 3. The fraction of sp³-hybridized carbons (Fsp3) is 0.333. The summed E-state index contributed by atoms with van der Waals surface area (Å²) in [6.07, 6.45) is 0. The van der Waals surface area contributed by atoms with Crippen molar-refractivity contribution in [2.45, 2.75) is 25.7 Å². The van der Waals surface area contributed by atoms with Crippen molar-refractivity contribution in [3.63, 3.8) is 0 Å². The van der Waals surface area contributed by atoms with Gasteiger partial charge in [0.25, 0.3) is 0 Å². The van der Waals surface area contributed by atoms with Gasteiger partial charge in [-0.25, -0.2) is 9.35 Å². The Morgan fingerprint density at radius 3 is 1.92 bits per heavy atom. The second-order valence-corrected chi connectivity index (χ2v) is 4.03. The number of hydrogen-bond acceptors (Lipinski definition) is 1. The summed E-state index contributed by atoms with van der Waals surface area (Å²) in [6, 6.07) is 3.99. The van der Waals surface area contributed by atoms with Gasteiger partial charge >= 0.3 is 0 Å². The summed E-state index contributed by atoms with van der Waals surface area (Å²) in [5.41, 5.74) is 3.20. The highest BCUT2D eigenvalue weighted by Crippen LogP contribution is 2.17. The van der Waals surface area contributed by atoms with Crippen LogP contribution in [0.4, 0.5) is 0 Å². The molecule has 0 heterocycles. The highest BCUT2D eigenvalue weighted by Gasteiger charge is 2.06. The Kier molecular flexibility index (Phi) is 2.65. The number of benzene rings is 1. The van der Waals surface area contributed by atoms with Crippen LogP contribution in [0.3, 0.4) is 0 Å². The summed E-state index contributed by atoms with van der Waals surface area (Å²) in [4.78, 5) is 0.764. The summed E-state index contributed by atoms with van der Waals surface area (Å²) in [5.74, 6) is 0. The van der Waals surface area contributed by atoms with Crippen molar-refractivity contribution in [3.05, 3.63) is 28.8 Å². The third-order valence-electron chi connectivity index (χ3n) is 1.81. The van der Waals surface area contributed by atoms with E-state index < -0.39 is 11.0 Å². The topological polar surface area (TPSA) is 43.1 Å². The predicted octanol–water partition coefficient (Wildman–Crippen LogP) is 1.59. The van der Waals surface area contributed by atoms with Crippen LogP contribution in [0, 0.1) is 20.8 Å². The third kappa shape index (κ3) is 1.73. The highest BCUT2D eigenvalue weighted by molar-refractivity contribution is 7.82. The molecule has 12 heavy (non-hydrogen) atoms. The van der Waals surface area contributed by atoms with Gasteiger partial charge in [0, 0.05) is 0 Å². The van der Waals surface area contributed by atoms with Gasteiger partial charge in [0.05, 0.1) is 4.90 Å². The third-order valence-corrected chi connectivity index (χ3v) is 2.85. The van der Waals surface area contributed by atoms with Gasteiger partial charge in [-0.15, -0.1) is 0 Å². The second kappa shape index (κ2) is 3.37. The van der Waals surface area contributed by atoms with Crippen LogP contribution in [0.2, 0.25) is 0 Å². The Hall–Kier alpha value is -0.670. The molecule has 0 fully saturated rings. The SMILES string of the molecule is Cc1cc(C)c(S(N)=O)c(C)c1. The van der Waals surface area contributed by atoms with Crippen LogP contribution in [-0.4, -0.2) is 4.21 Å². The van der Waals surface area contributed by atoms with E-state index in [0.717, 1.165) is 16.0 Å². The number of nitrogens with two attached hydrogens (primary N) is 1. The van der Waals surface area contributed by atoms with Crippen LogP contribution in [0.1, 0.15) is 16.7 Å². The minimum Gasteiger partial charge on any atom is -0.248 e. The molecule has 2 nitrogen and oxygen atoms in total. The van der Waals surface area contributed by atoms with Gasteiger partial charge in [-0.05, 0) is 31.9 Å². The van der Waals surface area contributed by atoms with Gasteiger partial charge in [-0.1, -0.05) is 17.7 Å². The average Bonchev–Trinajstić information content (AvgIpc) is 1.82. The molecule has 2 N–H and O–H groups in total. The van der Waals surface area contributed by atoms with E-state index >= 15 is 0 Å². The van der Waals surface area contributed by atoms with Gasteiger partial charge < -0.3 is 0 Å². The van der Waals surface area contributed by atoms with Crippen molar-refractivity contribution < 1.29 is 4.21 Å². The van der Waals surface area contributed by atoms with E-state index in [1.807, 2.05) is 32.9 Å². The minimum absolute atomic E-state index is 0.764. The monoisotopic (exact) mass is 183 g/mol. The standard InChI is InChI=1S/C9H13NOS/c1-6-4-7(2)9(12(10)11)8(3)5-6/h4-5H,10H2,1-3H3. The van der Waals surface area contributed by atoms with E-state index in [-0.39, 0.29) is 0 Å². The van der Waals surface area contributed by atoms with Crippen LogP contribution < -0.4 is 5.14 Å². The molecule has 0 amide bonds. The van der Waals surface area contributed by atoms with Crippen molar-refractivity contribution >= 4 is 11.0 Å². The van der Waals surface area contributed by atoms with Gasteiger partial charge in [0.15, 0.2) is 0 Å². The zero-order valence-electron chi connectivity index (χ0n) is 7.55. The lowest BCUT2D eigenvalue weighted by Crippen LogP contribution is -2.07. The van der Waals surface area contributed by atoms with Crippen LogP contribution in [-0.2, 0) is 11.0 Å². The molecule has 1 aromatic rings. The Bertz CT molecular complexity index is 310. The molecule has 0 saturated heterocycles. The molecule has 0 radical (unpaired) electrons. The van der Waals surface area contributed by atoms with Crippen LogP contribution in [0.25, 0.3) is 0 Å². The first-order chi connectivity index (χ1) is 5.52. The Morgan fingerprint density at radius 1 is 1.17 bits per heavy atom. The number of rotatable bonds is 1. The Morgan fingerprint density at radius 2 is 1.58 bits per heavy atom. The molecule has 1 rings (SSSR count). The lowest BCUT2D eigenvalue weighted by Gasteiger charge is -2.07. The largest absolute Gasteiger partial charge is 0.248 e. The molecule has 1 unspecified atom stereocenters. The summed E-state index contributed by atoms with van der Waals surface area (Å²) in [5, 5.41) is 5.34. The van der Waals surface area contributed by atoms with E-state index in [1.54, 1.807) is 0 Å². The predicted molar refractivity (Wildman–Crippen MR) is 51.2 cm³/mol. The van der Waals surface area contributed by atoms with Gasteiger partial charge in [-0.3, -0.25) is 0 Å². The maximum atomic E-state index is 11.1. The first-order valence-electron chi connectivity index (χ1n) is 3.76. The van der Waals surface area contributed by atoms with Crippen molar-refractivity contribution in [1.29, 1.82) is 0 Å². The average molecular weight is 183 g/mol. The molecule has 0 aliphatic carbocycles. The van der Waals surface area contributed by atoms with Gasteiger partial charge in [0.1, 0.15) is 11.0 Å². The van der Waals surface area contributed by atoms with E-state index in [0.29, 0.717) is 0 Å². The zero-order valence-corrected chi connectivity index (χ0v) is 8.37. The summed E-state index contributed by atoms with van der Waals surface area (Å²) in [6.45, 7) is 5.88. The first kappa shape index (κ1) is 9.42. The Balaban J connectivity index is 3.38. The van der Waals surface area contributed by atoms with E-state index in [9.17, 15) is 4.21 Å². The molecule has 1 aromatic carbocycles. The molecular weight excluding hydrogens is 170 g/mol. The van der Waals surface area contributed by atoms with E-state index in [2.05, 4.69) is 0 Å². The van der Waals surface area contributed by atoms with Crippen molar-refractivity contribution in [3.8, 4) is 0 Å². The molecular formula is C9H13NOS. The maximum Gasteiger partial charge on any atom is 0.122 e. The summed E-state index contributed by atoms with van der Waals surface area (Å²) in [7, 11) is -1.36. The maximum absolute atomic E-state index is 11.1. The normalized spacial score (nSPS) is 13.0. The lowest BCUT2D eigenvalue weighted by atomic mass is 10.1. The molecule has 0 aliphatic rings. The molecule has 66 valence electrons. The van der Waals surface area contributed by atoms with Crippen molar-refractivity contribution in [2.24, 2.45) is 5.14 Å². The fourth-order valence-corrected chi connectivity index (χ4v) is 2.24. The first-order valence-corrected chi connectivity index (χ1v) is 4.97. The van der Waals surface area contributed by atoms with Crippen molar-refractivity contribution in [2.75, 3.05) is 0 Å². The molecule has 1 atom stereocenters. The lowest BCUT2D eigenvalue weighted by molar-refractivity contribution is 0.683. The molecule has 3 heteroatoms. The summed E-state index contributed by atoms with van der Waals surface area (Å²) < 4.78 is 11.1. The van der Waals surface area contributed by atoms with Crippen LogP contribution in [0.15, 0.2) is 17.0 Å². The number of hydrogen-bond donors (Lipinski definition) is 1. The van der Waals surface area contributed by atoms with Crippen LogP contribution in [0.5, 0.6) is 0 Å². The highest BCUT2D eigenvalue weighted by atomic mass is 32.2. The Labute approximate surface area is 75.4 Å².